The van der Waals surface area contributed by atoms with Gasteiger partial charge in [-0.05, 0) is 59.1 Å². The van der Waals surface area contributed by atoms with E-state index in [1.165, 1.54) is 5.56 Å². The van der Waals surface area contributed by atoms with E-state index >= 15 is 0 Å². The van der Waals surface area contributed by atoms with Crippen molar-refractivity contribution in [1.82, 2.24) is 9.55 Å². The van der Waals surface area contributed by atoms with E-state index in [1.807, 2.05) is 18.2 Å². The Morgan fingerprint density at radius 1 is 1.24 bits per heavy atom. The van der Waals surface area contributed by atoms with E-state index in [0.29, 0.717) is 0 Å². The third-order valence-corrected chi connectivity index (χ3v) is 4.67. The fourth-order valence-corrected chi connectivity index (χ4v) is 3.05. The van der Waals surface area contributed by atoms with Crippen molar-refractivity contribution in [1.29, 1.82) is 0 Å². The molecule has 0 unspecified atom stereocenters. The molecule has 0 aliphatic heterocycles. The minimum Gasteiger partial charge on any atom is -0.399 e. The number of rotatable bonds is 3. The first-order chi connectivity index (χ1) is 10.1. The second-order valence-corrected chi connectivity index (χ2v) is 6.06. The summed E-state index contributed by atoms with van der Waals surface area (Å²) in [5.41, 5.74) is 11.0. The molecule has 3 aromatic rings. The molecule has 0 atom stereocenters. The number of aryl methyl sites for hydroxylation is 2. The molecule has 0 bridgehead atoms. The lowest BCUT2D eigenvalue weighted by atomic mass is 10.2. The number of anilines is 1. The summed E-state index contributed by atoms with van der Waals surface area (Å²) in [5.74, 6) is 1.07. The number of hydrogen-bond acceptors (Lipinski definition) is 2. The zero-order valence-electron chi connectivity index (χ0n) is 12.2. The van der Waals surface area contributed by atoms with Gasteiger partial charge in [0.15, 0.2) is 0 Å². The third kappa shape index (κ3) is 2.44. The number of nitrogens with zero attached hydrogens (tertiary/aromatic N) is 2. The first-order valence-corrected chi connectivity index (χ1v) is 7.93. The molecule has 0 spiro atoms. The smallest absolute Gasteiger partial charge is 0.114 e. The van der Waals surface area contributed by atoms with Gasteiger partial charge >= 0.3 is 0 Å². The average Bonchev–Trinajstić information content (AvgIpc) is 2.79. The monoisotopic (exact) mass is 343 g/mol. The molecule has 1 aromatic heterocycles. The van der Waals surface area contributed by atoms with Gasteiger partial charge in [-0.25, -0.2) is 4.98 Å². The summed E-state index contributed by atoms with van der Waals surface area (Å²) in [6.07, 6.45) is 2.00. The van der Waals surface area contributed by atoms with Gasteiger partial charge in [0.1, 0.15) is 5.82 Å². The van der Waals surface area contributed by atoms with Crippen LogP contribution >= 0.6 is 15.9 Å². The van der Waals surface area contributed by atoms with Crippen LogP contribution in [0, 0.1) is 6.92 Å². The highest BCUT2D eigenvalue weighted by Gasteiger charge is 2.14. The Morgan fingerprint density at radius 2 is 2.05 bits per heavy atom. The fraction of sp³-hybridized carbons (Fsp3) is 0.235. The van der Waals surface area contributed by atoms with Crippen molar-refractivity contribution in [3.05, 3.63) is 52.3 Å². The van der Waals surface area contributed by atoms with E-state index in [1.54, 1.807) is 0 Å². The van der Waals surface area contributed by atoms with Crippen LogP contribution in [0.25, 0.3) is 16.7 Å². The Bertz CT molecular complexity index is 805. The number of benzene rings is 2. The van der Waals surface area contributed by atoms with Crippen LogP contribution in [0.4, 0.5) is 5.69 Å². The molecule has 0 saturated heterocycles. The number of nitrogens with two attached hydrogens (primary N) is 1. The highest BCUT2D eigenvalue weighted by molar-refractivity contribution is 9.10. The lowest BCUT2D eigenvalue weighted by molar-refractivity contribution is 0.817. The molecule has 21 heavy (non-hydrogen) atoms. The van der Waals surface area contributed by atoms with E-state index < -0.39 is 0 Å². The molecule has 2 aromatic carbocycles. The number of fused-ring (bicyclic) bond motifs is 1. The van der Waals surface area contributed by atoms with Gasteiger partial charge < -0.3 is 5.73 Å². The van der Waals surface area contributed by atoms with E-state index in [-0.39, 0.29) is 0 Å². The van der Waals surface area contributed by atoms with Crippen molar-refractivity contribution in [2.45, 2.75) is 26.7 Å². The number of hydrogen-bond donors (Lipinski definition) is 1. The van der Waals surface area contributed by atoms with Gasteiger partial charge in [0.25, 0.3) is 0 Å². The van der Waals surface area contributed by atoms with E-state index in [0.717, 1.165) is 45.5 Å². The summed E-state index contributed by atoms with van der Waals surface area (Å²) < 4.78 is 3.34. The quantitative estimate of drug-likeness (QED) is 0.704. The topological polar surface area (TPSA) is 43.8 Å². The molecule has 4 heteroatoms. The third-order valence-electron chi connectivity index (χ3n) is 3.63. The lowest BCUT2D eigenvalue weighted by Crippen LogP contribution is -2.02. The summed E-state index contributed by atoms with van der Waals surface area (Å²) in [6.45, 7) is 4.27. The molecule has 0 saturated carbocycles. The molecular weight excluding hydrogens is 326 g/mol. The Kier molecular flexibility index (Phi) is 3.72. The molecule has 2 N–H and O–H groups in total. The Labute approximate surface area is 132 Å². The van der Waals surface area contributed by atoms with Crippen LogP contribution in [-0.2, 0) is 6.42 Å². The number of aromatic nitrogens is 2. The number of nitrogen functional groups attached to an aromatic ring is 1. The molecule has 3 nitrogen and oxygen atoms in total. The average molecular weight is 344 g/mol. The standard InChI is InChI=1S/C17H18BrN3/c1-3-5-16-20-13-10-12(19)8-9-14(13)21(16)15-7-4-6-11(2)17(15)18/h4,6-10H,3,5,19H2,1-2H3. The number of halogens is 1. The number of imidazole rings is 1. The van der Waals surface area contributed by atoms with Crippen LogP contribution < -0.4 is 5.73 Å². The maximum atomic E-state index is 5.89. The van der Waals surface area contributed by atoms with Crippen LogP contribution in [0.1, 0.15) is 24.7 Å². The van der Waals surface area contributed by atoms with Gasteiger partial charge in [0.2, 0.25) is 0 Å². The summed E-state index contributed by atoms with van der Waals surface area (Å²) in [4.78, 5) is 4.77. The second-order valence-electron chi connectivity index (χ2n) is 5.27. The molecule has 3 rings (SSSR count). The Balaban J connectivity index is 2.33. The Morgan fingerprint density at radius 3 is 2.81 bits per heavy atom. The van der Waals surface area contributed by atoms with Crippen LogP contribution in [0.15, 0.2) is 40.9 Å². The maximum absolute atomic E-state index is 5.89. The van der Waals surface area contributed by atoms with Gasteiger partial charge in [0, 0.05) is 16.6 Å². The molecule has 0 aliphatic rings. The van der Waals surface area contributed by atoms with E-state index in [4.69, 9.17) is 10.7 Å². The van der Waals surface area contributed by atoms with Gasteiger partial charge in [-0.3, -0.25) is 4.57 Å². The van der Waals surface area contributed by atoms with Crippen LogP contribution in [-0.4, -0.2) is 9.55 Å². The molecule has 0 amide bonds. The van der Waals surface area contributed by atoms with E-state index in [2.05, 4.69) is 52.5 Å². The summed E-state index contributed by atoms with van der Waals surface area (Å²) in [5, 5.41) is 0. The van der Waals surface area contributed by atoms with Gasteiger partial charge in [-0.15, -0.1) is 0 Å². The maximum Gasteiger partial charge on any atom is 0.114 e. The van der Waals surface area contributed by atoms with Crippen LogP contribution in [0.3, 0.4) is 0 Å². The molecule has 108 valence electrons. The van der Waals surface area contributed by atoms with Crippen molar-refractivity contribution >= 4 is 32.7 Å². The van der Waals surface area contributed by atoms with Gasteiger partial charge in [-0.1, -0.05) is 19.1 Å². The van der Waals surface area contributed by atoms with Gasteiger partial charge in [-0.2, -0.15) is 0 Å². The second kappa shape index (κ2) is 5.53. The highest BCUT2D eigenvalue weighted by atomic mass is 79.9. The zero-order valence-corrected chi connectivity index (χ0v) is 13.8. The summed E-state index contributed by atoms with van der Waals surface area (Å²) in [6, 6.07) is 12.2. The van der Waals surface area contributed by atoms with Crippen LogP contribution in [0.2, 0.25) is 0 Å². The van der Waals surface area contributed by atoms with Crippen molar-refractivity contribution in [2.24, 2.45) is 0 Å². The molecular formula is C17H18BrN3. The molecule has 0 fully saturated rings. The normalized spacial score (nSPS) is 11.2. The van der Waals surface area contributed by atoms with Crippen molar-refractivity contribution in [2.75, 3.05) is 5.73 Å². The fourth-order valence-electron chi connectivity index (χ4n) is 2.61. The zero-order chi connectivity index (χ0) is 15.0. The summed E-state index contributed by atoms with van der Waals surface area (Å²) >= 11 is 3.71. The minimum atomic E-state index is 0.749. The highest BCUT2D eigenvalue weighted by Crippen LogP contribution is 2.30. The minimum absolute atomic E-state index is 0.749. The largest absolute Gasteiger partial charge is 0.399 e. The Hall–Kier alpha value is -1.81. The van der Waals surface area contributed by atoms with Gasteiger partial charge in [0.05, 0.1) is 16.7 Å². The van der Waals surface area contributed by atoms with Crippen molar-refractivity contribution < 1.29 is 0 Å². The van der Waals surface area contributed by atoms with Crippen molar-refractivity contribution in [3.8, 4) is 5.69 Å². The van der Waals surface area contributed by atoms with Crippen molar-refractivity contribution in [3.63, 3.8) is 0 Å². The SMILES string of the molecule is CCCc1nc2cc(N)ccc2n1-c1cccc(C)c1Br. The molecule has 0 radical (unpaired) electrons. The molecule has 0 aliphatic carbocycles. The predicted molar refractivity (Wildman–Crippen MR) is 91.9 cm³/mol. The summed E-state index contributed by atoms with van der Waals surface area (Å²) in [7, 11) is 0. The van der Waals surface area contributed by atoms with E-state index in [9.17, 15) is 0 Å². The predicted octanol–water partition coefficient (Wildman–Crippen LogP) is 4.63. The first-order valence-electron chi connectivity index (χ1n) is 7.14. The lowest BCUT2D eigenvalue weighted by Gasteiger charge is -2.12. The van der Waals surface area contributed by atoms with Crippen LogP contribution in [0.5, 0.6) is 0 Å². The first kappa shape index (κ1) is 14.1. The molecule has 1 heterocycles.